The third-order valence-electron chi connectivity index (χ3n) is 2.61. The monoisotopic (exact) mass is 352 g/mol. The molecule has 88 valence electrons. The van der Waals surface area contributed by atoms with E-state index in [2.05, 4.69) is 0 Å². The number of rotatable bonds is 1. The zero-order valence-electron chi connectivity index (χ0n) is 8.49. The molecule has 0 bridgehead atoms. The molecule has 1 saturated heterocycles. The van der Waals surface area contributed by atoms with Crippen LogP contribution in [0, 0.1) is 0 Å². The maximum atomic E-state index is 12.0. The molecule has 16 heavy (non-hydrogen) atoms. The van der Waals surface area contributed by atoms with Gasteiger partial charge in [0.1, 0.15) is 0 Å². The van der Waals surface area contributed by atoms with E-state index >= 15 is 0 Å². The van der Waals surface area contributed by atoms with Crippen molar-refractivity contribution in [2.24, 2.45) is 5.73 Å². The third kappa shape index (κ3) is 1.99. The van der Waals surface area contributed by atoms with Crippen molar-refractivity contribution in [1.29, 1.82) is 0 Å². The van der Waals surface area contributed by atoms with Crippen LogP contribution in [0.15, 0.2) is 24.3 Å². The van der Waals surface area contributed by atoms with Crippen molar-refractivity contribution in [2.45, 2.75) is 16.1 Å². The molecule has 2 rings (SSSR count). The van der Waals surface area contributed by atoms with E-state index in [-0.39, 0.29) is 5.78 Å². The molecule has 1 aromatic rings. The van der Waals surface area contributed by atoms with E-state index in [1.165, 1.54) is 0 Å². The van der Waals surface area contributed by atoms with Gasteiger partial charge in [0.2, 0.25) is 0 Å². The quantitative estimate of drug-likeness (QED) is 0.345. The van der Waals surface area contributed by atoms with Crippen LogP contribution in [0.25, 0.3) is 0 Å². The first kappa shape index (κ1) is 12.3. The summed E-state index contributed by atoms with van der Waals surface area (Å²) in [6.07, 6.45) is -0.398. The molecule has 1 aliphatic rings. The molecule has 2 atom stereocenters. The normalized spacial score (nSPS) is 30.9. The Labute approximate surface area is 109 Å². The third-order valence-corrected chi connectivity index (χ3v) is 6.42. The summed E-state index contributed by atoms with van der Waals surface area (Å²) >= 11 is 5.55. The number of hydrogen-bond donors (Lipinski definition) is 2. The Hall–Kier alpha value is -0.170. The van der Waals surface area contributed by atoms with Gasteiger partial charge >= 0.3 is 110 Å². The number of carbonyl (C=O) groups excluding carboxylic acids is 1. The second-order valence-corrected chi connectivity index (χ2v) is 7.63. The molecule has 0 saturated carbocycles. The summed E-state index contributed by atoms with van der Waals surface area (Å²) in [6.45, 7) is 0. The Morgan fingerprint density at radius 3 is 2.88 bits per heavy atom. The van der Waals surface area contributed by atoms with Crippen molar-refractivity contribution in [1.82, 2.24) is 0 Å². The van der Waals surface area contributed by atoms with Crippen LogP contribution >= 0.6 is 11.6 Å². The molecule has 0 amide bonds. The first-order chi connectivity index (χ1) is 7.55. The molecule has 2 unspecified atom stereocenters. The van der Waals surface area contributed by atoms with Crippen LogP contribution in [0.4, 0.5) is 0 Å². The zero-order chi connectivity index (χ0) is 11.8. The van der Waals surface area contributed by atoms with Gasteiger partial charge in [-0.05, 0) is 0 Å². The molecule has 1 aromatic carbocycles. The van der Waals surface area contributed by atoms with Gasteiger partial charge in [-0.3, -0.25) is 0 Å². The summed E-state index contributed by atoms with van der Waals surface area (Å²) in [7, 11) is 0. The minimum atomic E-state index is -1.02. The fraction of sp³-hybridized carbons (Fsp3) is 0.364. The van der Waals surface area contributed by atoms with Crippen LogP contribution < -0.4 is 26.9 Å². The number of aliphatic hydroxyl groups excluding tert-OH is 1. The number of aliphatic hydroxyl groups is 1. The van der Waals surface area contributed by atoms with Gasteiger partial charge in [0.25, 0.3) is 0 Å². The van der Waals surface area contributed by atoms with Crippen molar-refractivity contribution in [3.63, 3.8) is 0 Å². The molecule has 0 aromatic heterocycles. The van der Waals surface area contributed by atoms with Crippen molar-refractivity contribution < 1.29 is 31.1 Å². The number of alkyl halides is 2. The van der Waals surface area contributed by atoms with Crippen molar-refractivity contribution in [3.05, 3.63) is 34.9 Å². The van der Waals surface area contributed by atoms with Crippen molar-refractivity contribution >= 4 is 17.4 Å². The summed E-state index contributed by atoms with van der Waals surface area (Å²) in [5, 5.41) is 10.1. The number of benzene rings is 1. The van der Waals surface area contributed by atoms with Gasteiger partial charge in [0, 0.05) is 0 Å². The summed E-state index contributed by atoms with van der Waals surface area (Å²) in [5.41, 5.74) is 6.83. The number of ketones is 1. The summed E-state index contributed by atoms with van der Waals surface area (Å²) < 4.78 is -0.178. The van der Waals surface area contributed by atoms with E-state index in [1.807, 2.05) is 6.07 Å². The average molecular weight is 353 g/mol. The van der Waals surface area contributed by atoms with E-state index in [4.69, 9.17) is 17.3 Å². The molecule has 1 fully saturated rings. The van der Waals surface area contributed by atoms with E-state index in [9.17, 15) is 9.90 Å². The number of carbonyl (C=O) groups is 1. The van der Waals surface area contributed by atoms with Gasteiger partial charge < -0.3 is 0 Å². The van der Waals surface area contributed by atoms with Crippen LogP contribution in [0.5, 0.6) is 0 Å². The van der Waals surface area contributed by atoms with E-state index in [1.54, 1.807) is 18.2 Å². The average Bonchev–Trinajstić information content (AvgIpc) is 2.26. The van der Waals surface area contributed by atoms with E-state index in [0.29, 0.717) is 17.0 Å². The minimum absolute atomic E-state index is 0.278. The van der Waals surface area contributed by atoms with Gasteiger partial charge in [-0.15, -0.1) is 0 Å². The summed E-state index contributed by atoms with van der Waals surface area (Å²) in [4.78, 5) is 12.0. The van der Waals surface area contributed by atoms with Gasteiger partial charge in [-0.1, -0.05) is 0 Å². The Bertz CT molecular complexity index is 426. The maximum absolute atomic E-state index is 12.0. The standard InChI is InChI=1S/C11H12ClINO2/c12-8-4-2-1-3-7(8)11(14)10(16)9(15)5-6-13-11/h1-4,9,15H,5-6,14H2/q-1. The number of halogens is 2. The fourth-order valence-corrected chi connectivity index (χ4v) is 5.52. The molecule has 0 aliphatic carbocycles. The van der Waals surface area contributed by atoms with Crippen LogP contribution in [0.1, 0.15) is 12.0 Å². The van der Waals surface area contributed by atoms with Gasteiger partial charge in [0.15, 0.2) is 0 Å². The van der Waals surface area contributed by atoms with Gasteiger partial charge in [0.05, 0.1) is 0 Å². The number of nitrogens with two attached hydrogens (primary N) is 1. The molecule has 0 spiro atoms. The second-order valence-electron chi connectivity index (χ2n) is 3.68. The van der Waals surface area contributed by atoms with Crippen LogP contribution in [0.3, 0.4) is 0 Å². The SMILES string of the molecule is NC1(c2ccccc2Cl)[I-]CCC(O)C1=O. The Kier molecular flexibility index (Phi) is 3.53. The van der Waals surface area contributed by atoms with Crippen molar-refractivity contribution in [3.8, 4) is 0 Å². The molecular weight excluding hydrogens is 340 g/mol. The molecular formula is C11H12ClINO2-. The van der Waals surface area contributed by atoms with Gasteiger partial charge in [-0.25, -0.2) is 0 Å². The number of hydrogen-bond acceptors (Lipinski definition) is 3. The topological polar surface area (TPSA) is 63.3 Å². The fourth-order valence-electron chi connectivity index (χ4n) is 1.71. The van der Waals surface area contributed by atoms with Crippen LogP contribution in [-0.4, -0.2) is 21.4 Å². The predicted octanol–water partition coefficient (Wildman–Crippen LogP) is -2.13. The number of Topliss-reactive ketones (excluding diaryl/α,β-unsaturated/α-hetero) is 1. The Balaban J connectivity index is 2.45. The second kappa shape index (κ2) is 4.60. The van der Waals surface area contributed by atoms with Gasteiger partial charge in [-0.2, -0.15) is 0 Å². The summed E-state index contributed by atoms with van der Waals surface area (Å²) in [6, 6.07) is 7.12. The molecule has 1 aliphatic heterocycles. The summed E-state index contributed by atoms with van der Waals surface area (Å²) in [5.74, 6) is -0.278. The Morgan fingerprint density at radius 2 is 2.19 bits per heavy atom. The molecule has 5 heteroatoms. The molecule has 1 heterocycles. The van der Waals surface area contributed by atoms with E-state index in [0.717, 1.165) is 4.43 Å². The van der Waals surface area contributed by atoms with Crippen LogP contribution in [0.2, 0.25) is 5.02 Å². The first-order valence-electron chi connectivity index (χ1n) is 4.92. The predicted molar refractivity (Wildman–Crippen MR) is 57.8 cm³/mol. The molecule has 0 radical (unpaired) electrons. The van der Waals surface area contributed by atoms with E-state index < -0.39 is 30.9 Å². The van der Waals surface area contributed by atoms with Crippen LogP contribution in [-0.2, 0) is 8.34 Å². The van der Waals surface area contributed by atoms with Crippen molar-refractivity contribution in [2.75, 3.05) is 4.43 Å². The Morgan fingerprint density at radius 1 is 1.50 bits per heavy atom. The zero-order valence-corrected chi connectivity index (χ0v) is 11.4. The first-order valence-corrected chi connectivity index (χ1v) is 7.90. The molecule has 3 nitrogen and oxygen atoms in total. The molecule has 3 N–H and O–H groups in total.